The summed E-state index contributed by atoms with van der Waals surface area (Å²) < 4.78 is 0.805. The fourth-order valence-corrected chi connectivity index (χ4v) is 3.06. The average molecular weight is 360 g/mol. The Morgan fingerprint density at radius 2 is 1.82 bits per heavy atom. The van der Waals surface area contributed by atoms with Gasteiger partial charge in [0.25, 0.3) is 5.78 Å². The number of Topliss-reactive ketones (excluding diaryl/α,β-unsaturated/α-hetero) is 1. The van der Waals surface area contributed by atoms with Gasteiger partial charge in [-0.25, -0.2) is 0 Å². The van der Waals surface area contributed by atoms with Crippen molar-refractivity contribution in [3.05, 3.63) is 64.1 Å². The van der Waals surface area contributed by atoms with Crippen LogP contribution in [-0.2, 0) is 11.3 Å². The van der Waals surface area contributed by atoms with E-state index in [-0.39, 0.29) is 0 Å². The summed E-state index contributed by atoms with van der Waals surface area (Å²) in [5.41, 5.74) is 2.38. The van der Waals surface area contributed by atoms with Crippen LogP contribution in [0.25, 0.3) is 0 Å². The van der Waals surface area contributed by atoms with Crippen LogP contribution in [0.4, 0.5) is 5.69 Å². The normalized spacial score (nSPS) is 15.1. The lowest BCUT2D eigenvalue weighted by Gasteiger charge is -2.21. The van der Waals surface area contributed by atoms with Crippen LogP contribution in [0.5, 0.6) is 0 Å². The molecule has 2 aromatic rings. The van der Waals surface area contributed by atoms with Gasteiger partial charge in [-0.15, -0.1) is 0 Å². The summed E-state index contributed by atoms with van der Waals surface area (Å²) in [6.07, 6.45) is 0. The maximum atomic E-state index is 12.2. The van der Waals surface area contributed by atoms with E-state index in [0.717, 1.165) is 15.9 Å². The van der Waals surface area contributed by atoms with Crippen LogP contribution in [0.3, 0.4) is 0 Å². The van der Waals surface area contributed by atoms with Gasteiger partial charge in [-0.2, -0.15) is 0 Å². The number of nitrogens with zero attached hydrogens (tertiary/aromatic N) is 1. The van der Waals surface area contributed by atoms with Crippen molar-refractivity contribution >= 4 is 33.3 Å². The number of halogens is 1. The van der Waals surface area contributed by atoms with Crippen LogP contribution < -0.4 is 9.80 Å². The third-order valence-corrected chi connectivity index (χ3v) is 4.20. The zero-order valence-electron chi connectivity index (χ0n) is 12.2. The molecule has 0 saturated carbocycles. The van der Waals surface area contributed by atoms with E-state index in [9.17, 15) is 9.59 Å². The highest BCUT2D eigenvalue weighted by atomic mass is 79.9. The number of carbonyl (C=O) groups is 2. The molecule has 0 bridgehead atoms. The van der Waals surface area contributed by atoms with E-state index in [0.29, 0.717) is 17.9 Å². The number of benzene rings is 2. The fourth-order valence-electron chi connectivity index (χ4n) is 2.70. The zero-order valence-corrected chi connectivity index (χ0v) is 13.8. The molecule has 112 valence electrons. The van der Waals surface area contributed by atoms with Gasteiger partial charge in [0.05, 0.1) is 18.3 Å². The van der Waals surface area contributed by atoms with Gasteiger partial charge in [0.15, 0.2) is 6.67 Å². The maximum Gasteiger partial charge on any atom is 0.303 e. The van der Waals surface area contributed by atoms with Crippen molar-refractivity contribution in [3.8, 4) is 0 Å². The second-order valence-electron chi connectivity index (χ2n) is 5.50. The molecular weight excluding hydrogens is 344 g/mol. The lowest BCUT2D eigenvalue weighted by molar-refractivity contribution is -0.892. The van der Waals surface area contributed by atoms with Crippen LogP contribution >= 0.6 is 15.9 Å². The molecule has 1 amide bonds. The van der Waals surface area contributed by atoms with Crippen LogP contribution in [0.1, 0.15) is 15.9 Å². The molecule has 5 heteroatoms. The number of anilines is 1. The van der Waals surface area contributed by atoms with E-state index in [1.54, 1.807) is 11.0 Å². The molecule has 0 spiro atoms. The third kappa shape index (κ3) is 2.82. The molecule has 1 unspecified atom stereocenters. The van der Waals surface area contributed by atoms with Crippen LogP contribution in [0.15, 0.2) is 53.0 Å². The van der Waals surface area contributed by atoms with Crippen molar-refractivity contribution in [3.63, 3.8) is 0 Å². The first-order valence-electron chi connectivity index (χ1n) is 7.07. The van der Waals surface area contributed by atoms with Gasteiger partial charge in [0.2, 0.25) is 0 Å². The van der Waals surface area contributed by atoms with Crippen molar-refractivity contribution in [2.45, 2.75) is 6.54 Å². The first kappa shape index (κ1) is 14.9. The predicted octanol–water partition coefficient (Wildman–Crippen LogP) is 1.65. The number of nitrogens with one attached hydrogen (secondary N) is 1. The summed E-state index contributed by atoms with van der Waals surface area (Å²) in [6, 6.07) is 15.5. The molecule has 1 aliphatic rings. The second kappa shape index (κ2) is 6.02. The first-order chi connectivity index (χ1) is 10.6. The SMILES string of the molecule is C[NH+](Cc1ccccc1)CN1C(=O)C(=O)c2cc(Br)ccc21. The molecule has 0 saturated heterocycles. The molecule has 1 aliphatic heterocycles. The quantitative estimate of drug-likeness (QED) is 0.843. The molecule has 22 heavy (non-hydrogen) atoms. The number of hydrogen-bond donors (Lipinski definition) is 1. The molecule has 4 nitrogen and oxygen atoms in total. The molecule has 2 aromatic carbocycles. The summed E-state index contributed by atoms with van der Waals surface area (Å²) in [6.45, 7) is 1.26. The van der Waals surface area contributed by atoms with Gasteiger partial charge >= 0.3 is 5.91 Å². The van der Waals surface area contributed by atoms with Crippen LogP contribution in [0, 0.1) is 0 Å². The minimum atomic E-state index is -0.444. The summed E-state index contributed by atoms with van der Waals surface area (Å²) in [5.74, 6) is -0.871. The standard InChI is InChI=1S/C17H15BrN2O2/c1-19(10-12-5-3-2-4-6-12)11-20-15-8-7-13(18)9-14(15)16(21)17(20)22/h2-9H,10-11H2,1H3/p+1. The number of fused-ring (bicyclic) bond motifs is 1. The minimum Gasteiger partial charge on any atom is -0.316 e. The number of carbonyl (C=O) groups excluding carboxylic acids is 2. The summed E-state index contributed by atoms with van der Waals surface area (Å²) in [4.78, 5) is 27.0. The highest BCUT2D eigenvalue weighted by Gasteiger charge is 2.37. The highest BCUT2D eigenvalue weighted by molar-refractivity contribution is 9.10. The Bertz CT molecular complexity index is 731. The fraction of sp³-hybridized carbons (Fsp3) is 0.176. The number of rotatable bonds is 4. The van der Waals surface area contributed by atoms with Gasteiger partial charge < -0.3 is 4.90 Å². The molecule has 0 aliphatic carbocycles. The average Bonchev–Trinajstić information content (AvgIpc) is 2.73. The molecule has 3 rings (SSSR count). The van der Waals surface area contributed by atoms with E-state index in [4.69, 9.17) is 0 Å². The van der Waals surface area contributed by atoms with Crippen molar-refractivity contribution in [1.29, 1.82) is 0 Å². The number of quaternary nitrogens is 1. The number of ketones is 1. The Morgan fingerprint density at radius 1 is 1.09 bits per heavy atom. The topological polar surface area (TPSA) is 41.8 Å². The maximum absolute atomic E-state index is 12.2. The molecule has 0 radical (unpaired) electrons. The zero-order chi connectivity index (χ0) is 15.7. The van der Waals surface area contributed by atoms with Crippen molar-refractivity contribution < 1.29 is 14.5 Å². The van der Waals surface area contributed by atoms with E-state index in [2.05, 4.69) is 28.1 Å². The Hall–Kier alpha value is -1.98. The van der Waals surface area contributed by atoms with Gasteiger partial charge in [0, 0.05) is 10.0 Å². The smallest absolute Gasteiger partial charge is 0.303 e. The first-order valence-corrected chi connectivity index (χ1v) is 7.86. The lowest BCUT2D eigenvalue weighted by atomic mass is 10.1. The monoisotopic (exact) mass is 359 g/mol. The van der Waals surface area contributed by atoms with Crippen LogP contribution in [-0.4, -0.2) is 25.4 Å². The van der Waals surface area contributed by atoms with Gasteiger partial charge in [-0.05, 0) is 18.2 Å². The molecule has 1 N–H and O–H groups in total. The Labute approximate surface area is 137 Å². The molecule has 1 atom stereocenters. The van der Waals surface area contributed by atoms with Crippen molar-refractivity contribution in [1.82, 2.24) is 0 Å². The predicted molar refractivity (Wildman–Crippen MR) is 87.9 cm³/mol. The molecule has 0 fully saturated rings. The summed E-state index contributed by atoms with van der Waals surface area (Å²) >= 11 is 3.34. The van der Waals surface area contributed by atoms with E-state index < -0.39 is 11.7 Å². The van der Waals surface area contributed by atoms with E-state index >= 15 is 0 Å². The van der Waals surface area contributed by atoms with E-state index in [1.807, 2.05) is 37.4 Å². The second-order valence-corrected chi connectivity index (χ2v) is 6.42. The minimum absolute atomic E-state index is 0.427. The third-order valence-electron chi connectivity index (χ3n) is 3.71. The van der Waals surface area contributed by atoms with Crippen molar-refractivity contribution in [2.24, 2.45) is 0 Å². The lowest BCUT2D eigenvalue weighted by Crippen LogP contribution is -3.09. The van der Waals surface area contributed by atoms with Gasteiger partial charge in [-0.3, -0.25) is 14.5 Å². The van der Waals surface area contributed by atoms with Gasteiger partial charge in [-0.1, -0.05) is 46.3 Å². The molecular formula is C17H16BrN2O2+. The Kier molecular flexibility index (Phi) is 4.09. The largest absolute Gasteiger partial charge is 0.316 e. The summed E-state index contributed by atoms with van der Waals surface area (Å²) in [5, 5.41) is 0. The molecule has 1 heterocycles. The Morgan fingerprint density at radius 3 is 2.55 bits per heavy atom. The molecule has 0 aromatic heterocycles. The van der Waals surface area contributed by atoms with E-state index in [1.165, 1.54) is 5.56 Å². The van der Waals surface area contributed by atoms with Crippen molar-refractivity contribution in [2.75, 3.05) is 18.6 Å². The van der Waals surface area contributed by atoms with Gasteiger partial charge in [0.1, 0.15) is 6.54 Å². The number of hydrogen-bond acceptors (Lipinski definition) is 2. The Balaban J connectivity index is 1.78. The summed E-state index contributed by atoms with van der Waals surface area (Å²) in [7, 11) is 2.02. The van der Waals surface area contributed by atoms with Crippen LogP contribution in [0.2, 0.25) is 0 Å². The highest BCUT2D eigenvalue weighted by Crippen LogP contribution is 2.30. The number of amides is 1.